The van der Waals surface area contributed by atoms with Crippen LogP contribution in [0.15, 0.2) is 54.9 Å². The molecule has 0 aliphatic heterocycles. The van der Waals surface area contributed by atoms with E-state index in [1.165, 1.54) is 11.1 Å². The summed E-state index contributed by atoms with van der Waals surface area (Å²) < 4.78 is 6.07. The van der Waals surface area contributed by atoms with E-state index in [4.69, 9.17) is 4.74 Å². The summed E-state index contributed by atoms with van der Waals surface area (Å²) in [5, 5.41) is 3.37. The van der Waals surface area contributed by atoms with E-state index < -0.39 is 0 Å². The van der Waals surface area contributed by atoms with Crippen LogP contribution in [0.3, 0.4) is 0 Å². The van der Waals surface area contributed by atoms with Crippen LogP contribution in [0.2, 0.25) is 0 Å². The lowest BCUT2D eigenvalue weighted by atomic mass is 10.1. The molecule has 0 radical (unpaired) electrons. The molecule has 1 aromatic heterocycles. The third-order valence-electron chi connectivity index (χ3n) is 3.43. The minimum absolute atomic E-state index is 0.128. The van der Waals surface area contributed by atoms with Crippen molar-refractivity contribution in [3.63, 3.8) is 0 Å². The summed E-state index contributed by atoms with van der Waals surface area (Å²) in [4.78, 5) is 4.04. The molecular weight excluding hydrogens is 260 g/mol. The molecule has 1 N–H and O–H groups in total. The van der Waals surface area contributed by atoms with E-state index in [9.17, 15) is 0 Å². The maximum atomic E-state index is 6.07. The zero-order valence-electron chi connectivity index (χ0n) is 12.7. The van der Waals surface area contributed by atoms with E-state index in [2.05, 4.69) is 53.6 Å². The SMILES string of the molecule is CCNCC(OCCCc1ccncc1)c1ccccc1. The number of aryl methyl sites for hydroxylation is 1. The molecular formula is C18H24N2O. The molecule has 0 bridgehead atoms. The molecule has 0 amide bonds. The van der Waals surface area contributed by atoms with Crippen molar-refractivity contribution in [1.29, 1.82) is 0 Å². The Bertz CT molecular complexity index is 487. The molecule has 0 aliphatic rings. The Labute approximate surface area is 127 Å². The van der Waals surface area contributed by atoms with Crippen molar-refractivity contribution in [1.82, 2.24) is 10.3 Å². The highest BCUT2D eigenvalue weighted by atomic mass is 16.5. The number of aromatic nitrogens is 1. The molecule has 0 saturated heterocycles. The second kappa shape index (κ2) is 9.27. The van der Waals surface area contributed by atoms with Crippen molar-refractivity contribution in [3.8, 4) is 0 Å². The lowest BCUT2D eigenvalue weighted by Crippen LogP contribution is -2.23. The van der Waals surface area contributed by atoms with E-state index in [-0.39, 0.29) is 6.10 Å². The first-order chi connectivity index (χ1) is 10.4. The molecule has 3 heteroatoms. The predicted octanol–water partition coefficient (Wildman–Crippen LogP) is 3.38. The number of rotatable bonds is 9. The third-order valence-corrected chi connectivity index (χ3v) is 3.43. The van der Waals surface area contributed by atoms with E-state index in [0.29, 0.717) is 0 Å². The fourth-order valence-corrected chi connectivity index (χ4v) is 2.27. The Balaban J connectivity index is 1.79. The van der Waals surface area contributed by atoms with Gasteiger partial charge in [0.2, 0.25) is 0 Å². The number of benzene rings is 1. The monoisotopic (exact) mass is 284 g/mol. The molecule has 1 unspecified atom stereocenters. The number of ether oxygens (including phenoxy) is 1. The smallest absolute Gasteiger partial charge is 0.0949 e. The van der Waals surface area contributed by atoms with Gasteiger partial charge in [-0.2, -0.15) is 0 Å². The molecule has 0 spiro atoms. The summed E-state index contributed by atoms with van der Waals surface area (Å²) in [6.45, 7) is 4.71. The maximum Gasteiger partial charge on any atom is 0.0949 e. The van der Waals surface area contributed by atoms with Gasteiger partial charge in [0, 0.05) is 25.5 Å². The van der Waals surface area contributed by atoms with Crippen molar-refractivity contribution in [2.24, 2.45) is 0 Å². The lowest BCUT2D eigenvalue weighted by Gasteiger charge is -2.18. The van der Waals surface area contributed by atoms with Crippen molar-refractivity contribution in [3.05, 3.63) is 66.0 Å². The summed E-state index contributed by atoms with van der Waals surface area (Å²) in [6.07, 6.45) is 5.87. The number of pyridine rings is 1. The maximum absolute atomic E-state index is 6.07. The molecule has 1 atom stereocenters. The first-order valence-corrected chi connectivity index (χ1v) is 7.66. The van der Waals surface area contributed by atoms with Gasteiger partial charge in [0.15, 0.2) is 0 Å². The summed E-state index contributed by atoms with van der Waals surface area (Å²) >= 11 is 0. The Morgan fingerprint density at radius 2 is 1.86 bits per heavy atom. The Morgan fingerprint density at radius 1 is 1.10 bits per heavy atom. The van der Waals surface area contributed by atoms with Gasteiger partial charge in [0.25, 0.3) is 0 Å². The Morgan fingerprint density at radius 3 is 2.57 bits per heavy atom. The predicted molar refractivity (Wildman–Crippen MR) is 86.2 cm³/mol. The first kappa shape index (κ1) is 15.7. The largest absolute Gasteiger partial charge is 0.372 e. The third kappa shape index (κ3) is 5.66. The Hall–Kier alpha value is -1.71. The molecule has 21 heavy (non-hydrogen) atoms. The van der Waals surface area contributed by atoms with Crippen LogP contribution in [0.1, 0.15) is 30.6 Å². The van der Waals surface area contributed by atoms with Crippen LogP contribution >= 0.6 is 0 Å². The number of hydrogen-bond acceptors (Lipinski definition) is 3. The molecule has 1 heterocycles. The van der Waals surface area contributed by atoms with Crippen LogP contribution < -0.4 is 5.32 Å². The highest BCUT2D eigenvalue weighted by Gasteiger charge is 2.10. The quantitative estimate of drug-likeness (QED) is 0.717. The molecule has 3 nitrogen and oxygen atoms in total. The second-order valence-electron chi connectivity index (χ2n) is 5.04. The van der Waals surface area contributed by atoms with Crippen LogP contribution in [0.4, 0.5) is 0 Å². The van der Waals surface area contributed by atoms with Crippen LogP contribution in [0.25, 0.3) is 0 Å². The van der Waals surface area contributed by atoms with Gasteiger partial charge >= 0.3 is 0 Å². The zero-order valence-corrected chi connectivity index (χ0v) is 12.7. The van der Waals surface area contributed by atoms with Gasteiger partial charge in [0.1, 0.15) is 0 Å². The fraction of sp³-hybridized carbons (Fsp3) is 0.389. The summed E-state index contributed by atoms with van der Waals surface area (Å²) in [5.41, 5.74) is 2.55. The molecule has 112 valence electrons. The average molecular weight is 284 g/mol. The van der Waals surface area contributed by atoms with Crippen molar-refractivity contribution in [2.75, 3.05) is 19.7 Å². The van der Waals surface area contributed by atoms with Gasteiger partial charge in [-0.3, -0.25) is 4.98 Å². The second-order valence-corrected chi connectivity index (χ2v) is 5.04. The van der Waals surface area contributed by atoms with Gasteiger partial charge < -0.3 is 10.1 Å². The van der Waals surface area contributed by atoms with E-state index in [1.807, 2.05) is 18.5 Å². The minimum Gasteiger partial charge on any atom is -0.372 e. The van der Waals surface area contributed by atoms with E-state index in [1.54, 1.807) is 0 Å². The Kier molecular flexibility index (Phi) is 6.92. The first-order valence-electron chi connectivity index (χ1n) is 7.66. The number of nitrogens with one attached hydrogen (secondary N) is 1. The number of likely N-dealkylation sites (N-methyl/N-ethyl adjacent to an activating group) is 1. The normalized spacial score (nSPS) is 12.2. The highest BCUT2D eigenvalue weighted by Crippen LogP contribution is 2.16. The number of hydrogen-bond donors (Lipinski definition) is 1. The van der Waals surface area contributed by atoms with E-state index in [0.717, 1.165) is 32.5 Å². The molecule has 0 fully saturated rings. The van der Waals surface area contributed by atoms with Gasteiger partial charge in [-0.05, 0) is 42.6 Å². The zero-order chi connectivity index (χ0) is 14.8. The van der Waals surface area contributed by atoms with Crippen molar-refractivity contribution < 1.29 is 4.74 Å². The van der Waals surface area contributed by atoms with Gasteiger partial charge in [-0.25, -0.2) is 0 Å². The number of nitrogens with zero attached hydrogens (tertiary/aromatic N) is 1. The van der Waals surface area contributed by atoms with Crippen LogP contribution in [-0.4, -0.2) is 24.7 Å². The lowest BCUT2D eigenvalue weighted by molar-refractivity contribution is 0.0514. The standard InChI is InChI=1S/C18H24N2O/c1-2-19-15-18(17-8-4-3-5-9-17)21-14-6-7-16-10-12-20-13-11-16/h3-5,8-13,18-19H,2,6-7,14-15H2,1H3. The van der Waals surface area contributed by atoms with Gasteiger partial charge in [-0.1, -0.05) is 37.3 Å². The molecule has 2 aromatic rings. The minimum atomic E-state index is 0.128. The van der Waals surface area contributed by atoms with Gasteiger partial charge in [-0.15, -0.1) is 0 Å². The van der Waals surface area contributed by atoms with Crippen molar-refractivity contribution >= 4 is 0 Å². The molecule has 2 rings (SSSR count). The van der Waals surface area contributed by atoms with E-state index >= 15 is 0 Å². The van der Waals surface area contributed by atoms with Crippen LogP contribution in [-0.2, 0) is 11.2 Å². The topological polar surface area (TPSA) is 34.1 Å². The fourth-order valence-electron chi connectivity index (χ4n) is 2.27. The van der Waals surface area contributed by atoms with Crippen molar-refractivity contribution in [2.45, 2.75) is 25.9 Å². The highest BCUT2D eigenvalue weighted by molar-refractivity contribution is 5.18. The van der Waals surface area contributed by atoms with Gasteiger partial charge in [0.05, 0.1) is 6.10 Å². The summed E-state index contributed by atoms with van der Waals surface area (Å²) in [6, 6.07) is 14.6. The molecule has 0 saturated carbocycles. The average Bonchev–Trinajstić information content (AvgIpc) is 2.56. The molecule has 0 aliphatic carbocycles. The van der Waals surface area contributed by atoms with Crippen LogP contribution in [0.5, 0.6) is 0 Å². The molecule has 1 aromatic carbocycles. The summed E-state index contributed by atoms with van der Waals surface area (Å²) in [7, 11) is 0. The summed E-state index contributed by atoms with van der Waals surface area (Å²) in [5.74, 6) is 0. The van der Waals surface area contributed by atoms with Crippen LogP contribution in [0, 0.1) is 0 Å².